The van der Waals surface area contributed by atoms with E-state index < -0.39 is 32.6 Å². The first-order chi connectivity index (χ1) is 17.0. The Labute approximate surface area is 207 Å². The summed E-state index contributed by atoms with van der Waals surface area (Å²) in [6.07, 6.45) is 3.27. The molecule has 0 unspecified atom stereocenters. The van der Waals surface area contributed by atoms with Gasteiger partial charge in [-0.3, -0.25) is 9.52 Å². The normalized spacial score (nSPS) is 11.5. The average Bonchev–Trinajstić information content (AvgIpc) is 3.19. The van der Waals surface area contributed by atoms with Gasteiger partial charge in [0, 0.05) is 24.8 Å². The minimum Gasteiger partial charge on any atom is -0.448 e. The lowest BCUT2D eigenvalue weighted by molar-refractivity contribution is 0.103. The van der Waals surface area contributed by atoms with Crippen molar-refractivity contribution in [2.45, 2.75) is 27.4 Å². The van der Waals surface area contributed by atoms with Gasteiger partial charge in [0.2, 0.25) is 0 Å². The van der Waals surface area contributed by atoms with E-state index >= 15 is 4.39 Å². The van der Waals surface area contributed by atoms with Gasteiger partial charge in [0.1, 0.15) is 12.3 Å². The number of ketones is 1. The number of nitrogens with one attached hydrogen (secondary N) is 1. The van der Waals surface area contributed by atoms with Crippen LogP contribution in [0, 0.1) is 26.6 Å². The molecule has 0 aliphatic heterocycles. The Balaban J connectivity index is 1.66. The summed E-state index contributed by atoms with van der Waals surface area (Å²) in [5.41, 5.74) is 2.57. The molecule has 0 aliphatic carbocycles. The van der Waals surface area contributed by atoms with Gasteiger partial charge in [-0.2, -0.15) is 8.42 Å². The molecule has 4 aromatic rings. The van der Waals surface area contributed by atoms with Crippen LogP contribution in [0.4, 0.5) is 14.9 Å². The molecule has 10 heteroatoms. The van der Waals surface area contributed by atoms with E-state index in [0.29, 0.717) is 22.2 Å². The number of rotatable bonds is 6. The molecule has 4 rings (SSSR count). The van der Waals surface area contributed by atoms with Crippen LogP contribution in [-0.4, -0.2) is 29.1 Å². The highest BCUT2D eigenvalue weighted by Gasteiger charge is 2.29. The number of fused-ring (bicyclic) bond motifs is 1. The van der Waals surface area contributed by atoms with Gasteiger partial charge in [0.25, 0.3) is 0 Å². The summed E-state index contributed by atoms with van der Waals surface area (Å²) in [6, 6.07) is 11.1. The van der Waals surface area contributed by atoms with Crippen LogP contribution in [0.25, 0.3) is 11.0 Å². The van der Waals surface area contributed by atoms with Crippen LogP contribution in [0.1, 0.15) is 38.2 Å². The van der Waals surface area contributed by atoms with E-state index in [-0.39, 0.29) is 17.7 Å². The average molecular weight is 510 g/mol. The number of hydrogen-bond acceptors (Lipinski definition) is 6. The summed E-state index contributed by atoms with van der Waals surface area (Å²) in [5.74, 6) is -1.71. The predicted molar refractivity (Wildman–Crippen MR) is 134 cm³/mol. The Morgan fingerprint density at radius 2 is 1.75 bits per heavy atom. The van der Waals surface area contributed by atoms with Crippen LogP contribution in [-0.2, 0) is 28.4 Å². The number of pyridine rings is 1. The maximum Gasteiger partial charge on any atom is 0.445 e. The highest BCUT2D eigenvalue weighted by molar-refractivity contribution is 8.06. The summed E-state index contributed by atoms with van der Waals surface area (Å²) in [4.78, 5) is 30.1. The van der Waals surface area contributed by atoms with Gasteiger partial charge in [-0.1, -0.05) is 36.4 Å². The van der Waals surface area contributed by atoms with Crippen LogP contribution in [0.2, 0.25) is 0 Å². The fourth-order valence-electron chi connectivity index (χ4n) is 3.91. The van der Waals surface area contributed by atoms with Crippen molar-refractivity contribution in [2.24, 2.45) is 7.05 Å². The maximum absolute atomic E-state index is 15.6. The highest BCUT2D eigenvalue weighted by atomic mass is 32.2. The van der Waals surface area contributed by atoms with Crippen molar-refractivity contribution in [3.63, 3.8) is 0 Å². The van der Waals surface area contributed by atoms with Gasteiger partial charge < -0.3 is 9.30 Å². The molecule has 0 amide bonds. The van der Waals surface area contributed by atoms with Gasteiger partial charge in [-0.25, -0.2) is 14.2 Å². The first-order valence-electron chi connectivity index (χ1n) is 11.0. The molecule has 8 nitrogen and oxygen atoms in total. The van der Waals surface area contributed by atoms with Crippen LogP contribution < -0.4 is 4.72 Å². The molecule has 0 aliphatic rings. The lowest BCUT2D eigenvalue weighted by Crippen LogP contribution is -2.25. The molecular formula is C26H24FN3O5S. The summed E-state index contributed by atoms with van der Waals surface area (Å²) >= 11 is 0. The van der Waals surface area contributed by atoms with Crippen LogP contribution >= 0.6 is 0 Å². The third kappa shape index (κ3) is 4.59. The number of aromatic nitrogens is 2. The van der Waals surface area contributed by atoms with E-state index in [1.165, 1.54) is 6.07 Å². The second-order valence-electron chi connectivity index (χ2n) is 8.50. The van der Waals surface area contributed by atoms with Crippen LogP contribution in [0.3, 0.4) is 0 Å². The molecule has 0 radical (unpaired) electrons. The van der Waals surface area contributed by atoms with E-state index in [2.05, 4.69) is 4.98 Å². The van der Waals surface area contributed by atoms with Gasteiger partial charge >= 0.3 is 15.3 Å². The molecule has 2 aromatic carbocycles. The van der Waals surface area contributed by atoms with Crippen molar-refractivity contribution in [1.29, 1.82) is 0 Å². The zero-order valence-corrected chi connectivity index (χ0v) is 20.9. The largest absolute Gasteiger partial charge is 0.448 e. The zero-order valence-electron chi connectivity index (χ0n) is 20.1. The topological polar surface area (TPSA) is 107 Å². The molecule has 2 aromatic heterocycles. The maximum atomic E-state index is 15.6. The molecule has 186 valence electrons. The van der Waals surface area contributed by atoms with Crippen LogP contribution in [0.5, 0.6) is 0 Å². The number of benzene rings is 2. The first kappa shape index (κ1) is 25.1. The van der Waals surface area contributed by atoms with E-state index in [4.69, 9.17) is 4.74 Å². The SMILES string of the molecule is Cc1ccc(NS(=O)(=O)C(=O)OCc2ccccc2)c(F)c1C(=O)c1cn(C)c2ncc(C)c(C)c12. The highest BCUT2D eigenvalue weighted by Crippen LogP contribution is 2.30. The number of anilines is 1. The number of aryl methyl sites for hydroxylation is 4. The third-order valence-corrected chi connectivity index (χ3v) is 7.03. The van der Waals surface area contributed by atoms with Crippen molar-refractivity contribution in [3.8, 4) is 0 Å². The molecule has 0 saturated carbocycles. The molecule has 36 heavy (non-hydrogen) atoms. The van der Waals surface area contributed by atoms with Crippen molar-refractivity contribution >= 4 is 37.8 Å². The summed E-state index contributed by atoms with van der Waals surface area (Å²) in [6.45, 7) is 4.99. The molecule has 0 atom stereocenters. The van der Waals surface area contributed by atoms with Crippen molar-refractivity contribution in [3.05, 3.63) is 94.1 Å². The Morgan fingerprint density at radius 3 is 2.44 bits per heavy atom. The first-order valence-corrected chi connectivity index (χ1v) is 12.5. The van der Waals surface area contributed by atoms with Crippen molar-refractivity contribution in [2.75, 3.05) is 4.72 Å². The number of halogens is 1. The van der Waals surface area contributed by atoms with E-state index in [9.17, 15) is 18.0 Å². The molecule has 0 fully saturated rings. The number of nitrogens with zero attached hydrogens (tertiary/aromatic N) is 2. The second kappa shape index (κ2) is 9.54. The molecule has 0 saturated heterocycles. The Morgan fingerprint density at radius 1 is 1.06 bits per heavy atom. The summed E-state index contributed by atoms with van der Waals surface area (Å²) < 4.78 is 49.1. The quantitative estimate of drug-likeness (QED) is 0.291. The number of sulfonamides is 1. The minimum atomic E-state index is -4.75. The predicted octanol–water partition coefficient (Wildman–Crippen LogP) is 4.95. The third-order valence-electron chi connectivity index (χ3n) is 5.98. The van der Waals surface area contributed by atoms with Gasteiger partial charge in [-0.05, 0) is 49.1 Å². The number of ether oxygens (including phenoxy) is 1. The fourth-order valence-corrected chi connectivity index (χ4v) is 4.66. The number of carbonyl (C=O) groups is 2. The van der Waals surface area contributed by atoms with Crippen molar-refractivity contribution in [1.82, 2.24) is 9.55 Å². The Bertz CT molecular complexity index is 1610. The van der Waals surface area contributed by atoms with E-state index in [1.807, 2.05) is 18.6 Å². The van der Waals surface area contributed by atoms with Gasteiger partial charge in [0.05, 0.1) is 16.8 Å². The van der Waals surface area contributed by atoms with Gasteiger partial charge in [-0.15, -0.1) is 0 Å². The lowest BCUT2D eigenvalue weighted by Gasteiger charge is -2.13. The van der Waals surface area contributed by atoms with Gasteiger partial charge in [0.15, 0.2) is 11.6 Å². The zero-order chi connectivity index (χ0) is 26.2. The monoisotopic (exact) mass is 509 g/mol. The minimum absolute atomic E-state index is 0.241. The Hall–Kier alpha value is -4.05. The summed E-state index contributed by atoms with van der Waals surface area (Å²) in [7, 11) is -3.01. The lowest BCUT2D eigenvalue weighted by atomic mass is 9.96. The smallest absolute Gasteiger partial charge is 0.445 e. The molecular weight excluding hydrogens is 485 g/mol. The number of hydrogen-bond donors (Lipinski definition) is 1. The van der Waals surface area contributed by atoms with E-state index in [1.54, 1.807) is 61.3 Å². The Kier molecular flexibility index (Phi) is 6.64. The molecule has 0 bridgehead atoms. The standard InChI is InChI=1S/C26H24FN3O5S/c1-15-10-11-20(29-36(33,34)26(32)35-14-18-8-6-5-7-9-18)23(27)21(15)24(31)19-13-30(4)25-22(19)17(3)16(2)12-28-25/h5-13,29H,14H2,1-4H3. The second-order valence-corrected chi connectivity index (χ2v) is 10.0. The fraction of sp³-hybridized carbons (Fsp3) is 0.192. The van der Waals surface area contributed by atoms with Crippen molar-refractivity contribution < 1.29 is 27.1 Å². The molecule has 2 heterocycles. The van der Waals surface area contributed by atoms with Crippen LogP contribution in [0.15, 0.2) is 54.9 Å². The van der Waals surface area contributed by atoms with E-state index in [0.717, 1.165) is 17.2 Å². The molecule has 1 N–H and O–H groups in total. The number of carbonyl (C=O) groups excluding carboxylic acids is 2. The summed E-state index contributed by atoms with van der Waals surface area (Å²) in [5, 5.41) is -0.970. The molecule has 0 spiro atoms.